The van der Waals surface area contributed by atoms with Gasteiger partial charge in [-0.25, -0.2) is 0 Å². The van der Waals surface area contributed by atoms with Crippen LogP contribution in [0.4, 0.5) is 0 Å². The van der Waals surface area contributed by atoms with Gasteiger partial charge in [-0.05, 0) is 18.9 Å². The van der Waals surface area contributed by atoms with E-state index in [1.807, 2.05) is 0 Å². The number of nitrogens with one attached hydrogen (secondary N) is 1. The molecule has 2 aliphatic heterocycles. The maximum absolute atomic E-state index is 11.0. The Morgan fingerprint density at radius 1 is 1.67 bits per heavy atom. The van der Waals surface area contributed by atoms with Crippen molar-refractivity contribution < 1.29 is 14.6 Å². The Morgan fingerprint density at radius 2 is 2.50 bits per heavy atom. The highest BCUT2D eigenvalue weighted by molar-refractivity contribution is 5.76. The summed E-state index contributed by atoms with van der Waals surface area (Å²) in [6.45, 7) is 2.48. The first kappa shape index (κ1) is 8.01. The van der Waals surface area contributed by atoms with Crippen molar-refractivity contribution in [1.82, 2.24) is 5.32 Å². The van der Waals surface area contributed by atoms with Crippen LogP contribution < -0.4 is 5.32 Å². The van der Waals surface area contributed by atoms with Crippen LogP contribution in [0.2, 0.25) is 0 Å². The summed E-state index contributed by atoms with van der Waals surface area (Å²) in [4.78, 5) is 11.0. The number of rotatable bonds is 1. The summed E-state index contributed by atoms with van der Waals surface area (Å²) in [7, 11) is 0. The fourth-order valence-electron chi connectivity index (χ4n) is 2.15. The number of hydrogen-bond acceptors (Lipinski definition) is 3. The number of carbonyl (C=O) groups is 1. The number of fused-ring (bicyclic) bond motifs is 1. The smallest absolute Gasteiger partial charge is 0.313 e. The molecule has 2 aliphatic rings. The lowest BCUT2D eigenvalue weighted by Crippen LogP contribution is -2.46. The van der Waals surface area contributed by atoms with Gasteiger partial charge in [0.2, 0.25) is 0 Å². The number of aliphatic carboxylic acids is 1. The molecule has 0 aromatic carbocycles. The van der Waals surface area contributed by atoms with Crippen LogP contribution in [-0.2, 0) is 9.53 Å². The monoisotopic (exact) mass is 171 g/mol. The Morgan fingerprint density at radius 3 is 3.17 bits per heavy atom. The maximum Gasteiger partial charge on any atom is 0.313 e. The van der Waals surface area contributed by atoms with E-state index < -0.39 is 11.4 Å². The third kappa shape index (κ3) is 0.949. The highest BCUT2D eigenvalue weighted by Gasteiger charge is 2.51. The van der Waals surface area contributed by atoms with Crippen LogP contribution in [0, 0.1) is 11.3 Å². The van der Waals surface area contributed by atoms with Crippen molar-refractivity contribution >= 4 is 5.97 Å². The molecule has 2 saturated heterocycles. The molecule has 68 valence electrons. The fourth-order valence-corrected chi connectivity index (χ4v) is 2.15. The molecule has 0 amide bonds. The van der Waals surface area contributed by atoms with E-state index in [0.29, 0.717) is 19.8 Å². The summed E-state index contributed by atoms with van der Waals surface area (Å²) in [5.41, 5.74) is -0.627. The predicted octanol–water partition coefficient (Wildman–Crippen LogP) is -0.303. The molecular weight excluding hydrogens is 158 g/mol. The second-order valence-corrected chi connectivity index (χ2v) is 3.63. The van der Waals surface area contributed by atoms with E-state index in [1.54, 1.807) is 0 Å². The molecule has 2 N–H and O–H groups in total. The largest absolute Gasteiger partial charge is 0.481 e. The number of hydrogen-bond donors (Lipinski definition) is 2. The van der Waals surface area contributed by atoms with E-state index in [1.165, 1.54) is 0 Å². The number of ether oxygens (including phenoxy) is 1. The highest BCUT2D eigenvalue weighted by Crippen LogP contribution is 2.37. The predicted molar refractivity (Wildman–Crippen MR) is 41.9 cm³/mol. The van der Waals surface area contributed by atoms with Crippen molar-refractivity contribution in [3.05, 3.63) is 0 Å². The van der Waals surface area contributed by atoms with Gasteiger partial charge in [0.05, 0.1) is 6.61 Å². The first-order valence-electron chi connectivity index (χ1n) is 4.27. The van der Waals surface area contributed by atoms with Gasteiger partial charge >= 0.3 is 5.97 Å². The van der Waals surface area contributed by atoms with Crippen molar-refractivity contribution in [2.24, 2.45) is 11.3 Å². The molecule has 0 aromatic heterocycles. The Bertz CT molecular complexity index is 206. The van der Waals surface area contributed by atoms with Gasteiger partial charge in [-0.3, -0.25) is 4.79 Å². The molecule has 0 unspecified atom stereocenters. The van der Waals surface area contributed by atoms with Crippen LogP contribution in [0.5, 0.6) is 0 Å². The quantitative estimate of drug-likeness (QED) is 0.568. The Balaban J connectivity index is 2.23. The van der Waals surface area contributed by atoms with Crippen LogP contribution >= 0.6 is 0 Å². The minimum Gasteiger partial charge on any atom is -0.481 e. The van der Waals surface area contributed by atoms with Crippen LogP contribution in [0.25, 0.3) is 0 Å². The fraction of sp³-hybridized carbons (Fsp3) is 0.875. The summed E-state index contributed by atoms with van der Waals surface area (Å²) in [6, 6.07) is 0. The lowest BCUT2D eigenvalue weighted by atomic mass is 9.76. The van der Waals surface area contributed by atoms with Gasteiger partial charge in [0.25, 0.3) is 0 Å². The third-order valence-corrected chi connectivity index (χ3v) is 3.01. The zero-order valence-electron chi connectivity index (χ0n) is 6.88. The van der Waals surface area contributed by atoms with Crippen LogP contribution in [0.15, 0.2) is 0 Å². The topological polar surface area (TPSA) is 58.6 Å². The molecule has 2 fully saturated rings. The summed E-state index contributed by atoms with van der Waals surface area (Å²) in [6.07, 6.45) is 0.874. The molecule has 0 aromatic rings. The SMILES string of the molecule is O=C(O)[C@]12CNC[C@H]1CCOC2. The highest BCUT2D eigenvalue weighted by atomic mass is 16.5. The average Bonchev–Trinajstić information content (AvgIpc) is 2.48. The maximum atomic E-state index is 11.0. The normalized spacial score (nSPS) is 40.8. The van der Waals surface area contributed by atoms with E-state index >= 15 is 0 Å². The Kier molecular flexibility index (Phi) is 1.81. The molecule has 0 aliphatic carbocycles. The van der Waals surface area contributed by atoms with Gasteiger partial charge in [-0.1, -0.05) is 0 Å². The minimum atomic E-state index is -0.711. The lowest BCUT2D eigenvalue weighted by molar-refractivity contribution is -0.159. The Hall–Kier alpha value is -0.610. The first-order valence-corrected chi connectivity index (χ1v) is 4.27. The van der Waals surface area contributed by atoms with Crippen LogP contribution in [0.3, 0.4) is 0 Å². The van der Waals surface area contributed by atoms with E-state index in [4.69, 9.17) is 9.84 Å². The van der Waals surface area contributed by atoms with Gasteiger partial charge in [0.1, 0.15) is 5.41 Å². The third-order valence-electron chi connectivity index (χ3n) is 3.01. The van der Waals surface area contributed by atoms with Gasteiger partial charge < -0.3 is 15.2 Å². The molecule has 0 bridgehead atoms. The summed E-state index contributed by atoms with van der Waals surface area (Å²) >= 11 is 0. The molecule has 0 radical (unpaired) electrons. The molecule has 2 rings (SSSR count). The lowest BCUT2D eigenvalue weighted by Gasteiger charge is -2.34. The molecule has 4 heteroatoms. The second-order valence-electron chi connectivity index (χ2n) is 3.63. The van der Waals surface area contributed by atoms with Gasteiger partial charge in [0.15, 0.2) is 0 Å². The number of carboxylic acid groups (broad SMARTS) is 1. The number of carboxylic acids is 1. The van der Waals surface area contributed by atoms with Gasteiger partial charge in [-0.15, -0.1) is 0 Å². The summed E-state index contributed by atoms with van der Waals surface area (Å²) in [5, 5.41) is 12.2. The van der Waals surface area contributed by atoms with E-state index in [-0.39, 0.29) is 5.92 Å². The molecule has 4 nitrogen and oxygen atoms in total. The zero-order chi connectivity index (χ0) is 8.60. The molecule has 2 heterocycles. The summed E-state index contributed by atoms with van der Waals surface area (Å²) in [5.74, 6) is -0.444. The molecule has 0 spiro atoms. The van der Waals surface area contributed by atoms with E-state index in [9.17, 15) is 4.79 Å². The summed E-state index contributed by atoms with van der Waals surface area (Å²) < 4.78 is 5.23. The molecule has 2 atom stereocenters. The van der Waals surface area contributed by atoms with E-state index in [2.05, 4.69) is 5.32 Å². The van der Waals surface area contributed by atoms with Crippen LogP contribution in [-0.4, -0.2) is 37.4 Å². The van der Waals surface area contributed by atoms with Crippen molar-refractivity contribution in [3.63, 3.8) is 0 Å². The van der Waals surface area contributed by atoms with Crippen molar-refractivity contribution in [2.45, 2.75) is 6.42 Å². The van der Waals surface area contributed by atoms with E-state index in [0.717, 1.165) is 13.0 Å². The van der Waals surface area contributed by atoms with Gasteiger partial charge in [-0.2, -0.15) is 0 Å². The molecule has 12 heavy (non-hydrogen) atoms. The molecular formula is C8H13NO3. The average molecular weight is 171 g/mol. The second kappa shape index (κ2) is 2.71. The zero-order valence-corrected chi connectivity index (χ0v) is 6.88. The van der Waals surface area contributed by atoms with Gasteiger partial charge in [0, 0.05) is 13.2 Å². The van der Waals surface area contributed by atoms with Crippen molar-refractivity contribution in [1.29, 1.82) is 0 Å². The van der Waals surface area contributed by atoms with Crippen molar-refractivity contribution in [3.8, 4) is 0 Å². The Labute approximate surface area is 70.9 Å². The van der Waals surface area contributed by atoms with Crippen LogP contribution in [0.1, 0.15) is 6.42 Å². The minimum absolute atomic E-state index is 0.267. The molecule has 0 saturated carbocycles. The standard InChI is InChI=1S/C8H13NO3/c10-7(11)8-4-9-3-6(8)1-2-12-5-8/h6,9H,1-5H2,(H,10,11)/t6-,8+/m1/s1. The van der Waals surface area contributed by atoms with Crippen molar-refractivity contribution in [2.75, 3.05) is 26.3 Å². The first-order chi connectivity index (χ1) is 5.76.